The predicted octanol–water partition coefficient (Wildman–Crippen LogP) is 5.51. The van der Waals surface area contributed by atoms with Crippen LogP contribution in [0.2, 0.25) is 10.0 Å². The summed E-state index contributed by atoms with van der Waals surface area (Å²) in [5, 5.41) is 18.1. The molecule has 1 fully saturated rings. The average Bonchev–Trinajstić information content (AvgIpc) is 3.25. The second kappa shape index (κ2) is 11.1. The standard InChI is InChI=1S/C27H28Cl2N6O3S/c1-27(16-30-26(37)38)11-13-34(14-12-27)25-31-22-20(24(36)33(25)2)23(39-19-10-6-9-18(28)21(19)29)32-35(22)15-17-7-4-3-5-8-17/h3-10,30H,11-16H2,1-2H3,(H,37,38). The fourth-order valence-corrected chi connectivity index (χ4v) is 6.21. The molecule has 1 saturated heterocycles. The SMILES string of the molecule is Cn1c(N2CCC(C)(CNC(=O)O)CC2)nc2c(c(Sc3cccc(Cl)c3Cl)nn2Cc2ccccc2)c1=O. The largest absolute Gasteiger partial charge is 0.465 e. The molecule has 0 radical (unpaired) electrons. The van der Waals surface area contributed by atoms with Gasteiger partial charge in [-0.2, -0.15) is 10.1 Å². The number of rotatable bonds is 7. The first-order valence-electron chi connectivity index (χ1n) is 12.5. The van der Waals surface area contributed by atoms with Gasteiger partial charge in [-0.1, -0.05) is 78.3 Å². The number of aromatic nitrogens is 4. The molecule has 39 heavy (non-hydrogen) atoms. The number of carboxylic acid groups (broad SMARTS) is 1. The number of fused-ring (bicyclic) bond motifs is 1. The molecule has 2 aromatic carbocycles. The van der Waals surface area contributed by atoms with Crippen LogP contribution in [0.1, 0.15) is 25.3 Å². The second-order valence-corrected chi connectivity index (χ2v) is 11.8. The third kappa shape index (κ3) is 5.73. The Morgan fingerprint density at radius 1 is 1.13 bits per heavy atom. The summed E-state index contributed by atoms with van der Waals surface area (Å²) in [5.41, 5.74) is 1.17. The molecule has 4 aromatic rings. The first-order valence-corrected chi connectivity index (χ1v) is 14.1. The summed E-state index contributed by atoms with van der Waals surface area (Å²) >= 11 is 14.0. The number of nitrogens with one attached hydrogen (secondary N) is 1. The van der Waals surface area contributed by atoms with Gasteiger partial charge < -0.3 is 15.3 Å². The highest BCUT2D eigenvalue weighted by atomic mass is 35.5. The smallest absolute Gasteiger partial charge is 0.404 e. The number of amides is 1. The van der Waals surface area contributed by atoms with Gasteiger partial charge in [0.1, 0.15) is 10.4 Å². The lowest BCUT2D eigenvalue weighted by atomic mass is 9.80. The Morgan fingerprint density at radius 3 is 2.54 bits per heavy atom. The zero-order valence-electron chi connectivity index (χ0n) is 21.5. The third-order valence-corrected chi connectivity index (χ3v) is 9.11. The summed E-state index contributed by atoms with van der Waals surface area (Å²) in [5.74, 6) is 0.562. The number of anilines is 1. The van der Waals surface area contributed by atoms with Crippen LogP contribution in [0.15, 0.2) is 63.2 Å². The van der Waals surface area contributed by atoms with Gasteiger partial charge >= 0.3 is 6.09 Å². The Kier molecular flexibility index (Phi) is 7.80. The lowest BCUT2D eigenvalue weighted by Crippen LogP contribution is -2.46. The van der Waals surface area contributed by atoms with Crippen molar-refractivity contribution in [1.29, 1.82) is 0 Å². The molecule has 0 unspecified atom stereocenters. The number of hydrogen-bond acceptors (Lipinski definition) is 6. The Morgan fingerprint density at radius 2 is 1.85 bits per heavy atom. The molecule has 204 valence electrons. The molecular formula is C27H28Cl2N6O3S. The lowest BCUT2D eigenvalue weighted by molar-refractivity contribution is 0.178. The summed E-state index contributed by atoms with van der Waals surface area (Å²) in [6.07, 6.45) is 0.505. The molecule has 12 heteroatoms. The maximum atomic E-state index is 13.8. The monoisotopic (exact) mass is 586 g/mol. The van der Waals surface area contributed by atoms with Gasteiger partial charge in [-0.15, -0.1) is 0 Å². The molecule has 5 rings (SSSR count). The number of piperidine rings is 1. The van der Waals surface area contributed by atoms with Gasteiger partial charge in [0.05, 0.1) is 16.6 Å². The number of halogens is 2. The van der Waals surface area contributed by atoms with E-state index in [-0.39, 0.29) is 11.0 Å². The first-order chi connectivity index (χ1) is 18.6. The van der Waals surface area contributed by atoms with Gasteiger partial charge in [0.15, 0.2) is 5.65 Å². The van der Waals surface area contributed by atoms with Crippen LogP contribution in [0, 0.1) is 5.41 Å². The van der Waals surface area contributed by atoms with Crippen molar-refractivity contribution in [2.75, 3.05) is 24.5 Å². The summed E-state index contributed by atoms with van der Waals surface area (Å²) in [6, 6.07) is 15.3. The summed E-state index contributed by atoms with van der Waals surface area (Å²) in [7, 11) is 1.72. The fourth-order valence-electron chi connectivity index (χ4n) is 4.76. The van der Waals surface area contributed by atoms with E-state index in [9.17, 15) is 9.59 Å². The number of benzene rings is 2. The molecule has 2 aromatic heterocycles. The van der Waals surface area contributed by atoms with Gasteiger partial charge in [0.25, 0.3) is 5.56 Å². The summed E-state index contributed by atoms with van der Waals surface area (Å²) < 4.78 is 3.33. The van der Waals surface area contributed by atoms with Crippen LogP contribution in [0.3, 0.4) is 0 Å². The van der Waals surface area contributed by atoms with Crippen LogP contribution in [0.25, 0.3) is 11.0 Å². The van der Waals surface area contributed by atoms with Crippen molar-refractivity contribution >= 4 is 58.0 Å². The van der Waals surface area contributed by atoms with Crippen LogP contribution in [-0.4, -0.2) is 50.2 Å². The highest BCUT2D eigenvalue weighted by molar-refractivity contribution is 7.99. The molecule has 0 aliphatic carbocycles. The Bertz CT molecular complexity index is 1580. The molecule has 3 heterocycles. The van der Waals surface area contributed by atoms with Crippen molar-refractivity contribution in [2.24, 2.45) is 12.5 Å². The molecule has 2 N–H and O–H groups in total. The molecule has 1 aliphatic heterocycles. The molecule has 0 spiro atoms. The van der Waals surface area contributed by atoms with Crippen LogP contribution in [-0.2, 0) is 13.6 Å². The first kappa shape index (κ1) is 27.4. The van der Waals surface area contributed by atoms with Crippen molar-refractivity contribution in [1.82, 2.24) is 24.6 Å². The van der Waals surface area contributed by atoms with Gasteiger partial charge in [0, 0.05) is 31.6 Å². The minimum absolute atomic E-state index is 0.160. The molecule has 0 saturated carbocycles. The predicted molar refractivity (Wildman–Crippen MR) is 154 cm³/mol. The van der Waals surface area contributed by atoms with E-state index in [1.807, 2.05) is 42.5 Å². The van der Waals surface area contributed by atoms with Gasteiger partial charge in [0.2, 0.25) is 5.95 Å². The highest BCUT2D eigenvalue weighted by Gasteiger charge is 2.32. The topological polar surface area (TPSA) is 105 Å². The maximum Gasteiger partial charge on any atom is 0.404 e. The quantitative estimate of drug-likeness (QED) is 0.294. The van der Waals surface area contributed by atoms with Crippen LogP contribution < -0.4 is 15.8 Å². The minimum Gasteiger partial charge on any atom is -0.465 e. The van der Waals surface area contributed by atoms with Crippen LogP contribution >= 0.6 is 35.0 Å². The van der Waals surface area contributed by atoms with E-state index in [0.717, 1.165) is 18.4 Å². The van der Waals surface area contributed by atoms with Gasteiger partial charge in [-0.25, -0.2) is 9.48 Å². The molecule has 9 nitrogen and oxygen atoms in total. The van der Waals surface area contributed by atoms with E-state index in [1.165, 1.54) is 11.8 Å². The molecule has 1 aliphatic rings. The van der Waals surface area contributed by atoms with Gasteiger partial charge in [-0.05, 0) is 36.0 Å². The normalized spacial score (nSPS) is 15.0. The van der Waals surface area contributed by atoms with E-state index in [2.05, 4.69) is 17.1 Å². The average molecular weight is 588 g/mol. The maximum absolute atomic E-state index is 13.8. The van der Waals surface area contributed by atoms with Crippen LogP contribution in [0.5, 0.6) is 0 Å². The molecule has 1 amide bonds. The number of hydrogen-bond donors (Lipinski definition) is 2. The highest BCUT2D eigenvalue weighted by Crippen LogP contribution is 2.39. The summed E-state index contributed by atoms with van der Waals surface area (Å²) in [6.45, 7) is 4.21. The zero-order valence-corrected chi connectivity index (χ0v) is 23.9. The number of nitrogens with zero attached hydrogens (tertiary/aromatic N) is 5. The van der Waals surface area contributed by atoms with E-state index in [1.54, 1.807) is 22.4 Å². The summed E-state index contributed by atoms with van der Waals surface area (Å²) in [4.78, 5) is 32.6. The zero-order chi connectivity index (χ0) is 27.7. The van der Waals surface area contributed by atoms with E-state index >= 15 is 0 Å². The van der Waals surface area contributed by atoms with Crippen molar-refractivity contribution in [3.63, 3.8) is 0 Å². The number of carbonyl (C=O) groups is 1. The Labute approximate surface area is 239 Å². The minimum atomic E-state index is -1.02. The molecular weight excluding hydrogens is 559 g/mol. The Balaban J connectivity index is 1.55. The fraction of sp³-hybridized carbons (Fsp3) is 0.333. The van der Waals surface area contributed by atoms with Crippen molar-refractivity contribution < 1.29 is 9.90 Å². The Hall–Kier alpha value is -3.21. The van der Waals surface area contributed by atoms with Crippen molar-refractivity contribution in [3.8, 4) is 0 Å². The van der Waals surface area contributed by atoms with Crippen LogP contribution in [0.4, 0.5) is 10.7 Å². The third-order valence-electron chi connectivity index (χ3n) is 7.14. The van der Waals surface area contributed by atoms with Gasteiger partial charge in [-0.3, -0.25) is 9.36 Å². The lowest BCUT2D eigenvalue weighted by Gasteiger charge is -2.40. The van der Waals surface area contributed by atoms with E-state index in [0.29, 0.717) is 63.1 Å². The van der Waals surface area contributed by atoms with Crippen molar-refractivity contribution in [2.45, 2.75) is 36.2 Å². The molecule has 0 bridgehead atoms. The molecule has 0 atom stereocenters. The van der Waals surface area contributed by atoms with E-state index < -0.39 is 6.09 Å². The van der Waals surface area contributed by atoms with Crippen molar-refractivity contribution in [3.05, 3.63) is 74.5 Å². The van der Waals surface area contributed by atoms with E-state index in [4.69, 9.17) is 38.4 Å². The second-order valence-electron chi connectivity index (χ2n) is 10.0.